The quantitative estimate of drug-likeness (QED) is 0.166. The van der Waals surface area contributed by atoms with E-state index in [2.05, 4.69) is 214 Å². The van der Waals surface area contributed by atoms with Gasteiger partial charge < -0.3 is 5.11 Å². The summed E-state index contributed by atoms with van der Waals surface area (Å²) < 4.78 is 2.30. The van der Waals surface area contributed by atoms with Gasteiger partial charge in [0.15, 0.2) is 0 Å². The van der Waals surface area contributed by atoms with Gasteiger partial charge in [0.2, 0.25) is 0 Å². The zero-order valence-corrected chi connectivity index (χ0v) is 37.7. The summed E-state index contributed by atoms with van der Waals surface area (Å²) in [5, 5.41) is 12.3. The summed E-state index contributed by atoms with van der Waals surface area (Å²) in [5.41, 5.74) is 17.8. The molecule has 0 aliphatic heterocycles. The number of aromatic hydroxyl groups is 1. The molecular weight excluding hydrogens is 743 g/mol. The number of imidazole rings is 1. The number of para-hydroxylation sites is 1. The minimum atomic E-state index is -0.216. The van der Waals surface area contributed by atoms with Crippen molar-refractivity contribution >= 4 is 11.0 Å². The normalized spacial score (nSPS) is 12.2. The van der Waals surface area contributed by atoms with Crippen molar-refractivity contribution in [2.75, 3.05) is 0 Å². The lowest BCUT2D eigenvalue weighted by Crippen LogP contribution is -2.16. The average Bonchev–Trinajstić information content (AvgIpc) is 3.62. The smallest absolute Gasteiger partial charge is 0.149 e. The van der Waals surface area contributed by atoms with E-state index >= 15 is 0 Å². The Morgan fingerprint density at radius 2 is 1.23 bits per heavy atom. The summed E-state index contributed by atoms with van der Waals surface area (Å²) in [7, 11) is 0. The Bertz CT molecular complexity index is 2880. The Morgan fingerprint density at radius 1 is 0.557 bits per heavy atom. The Balaban J connectivity index is 1.42. The molecule has 8 rings (SSSR count). The largest absolute Gasteiger partial charge is 0.507 e. The molecule has 6 aromatic carbocycles. The molecule has 0 aliphatic rings. The van der Waals surface area contributed by atoms with Crippen molar-refractivity contribution in [1.82, 2.24) is 14.5 Å². The second-order valence-electron chi connectivity index (χ2n) is 19.5. The van der Waals surface area contributed by atoms with Gasteiger partial charge in [-0.3, -0.25) is 9.55 Å². The highest BCUT2D eigenvalue weighted by molar-refractivity contribution is 5.97. The second-order valence-corrected chi connectivity index (χ2v) is 19.5. The maximum absolute atomic E-state index is 12.3. The molecule has 0 amide bonds. The van der Waals surface area contributed by atoms with E-state index < -0.39 is 0 Å². The van der Waals surface area contributed by atoms with E-state index in [0.717, 1.165) is 61.6 Å². The highest BCUT2D eigenvalue weighted by Gasteiger charge is 2.28. The number of benzene rings is 6. The molecule has 61 heavy (non-hydrogen) atoms. The van der Waals surface area contributed by atoms with Gasteiger partial charge in [-0.25, -0.2) is 4.98 Å². The number of hydrogen-bond donors (Lipinski definition) is 1. The van der Waals surface area contributed by atoms with Crippen molar-refractivity contribution in [3.63, 3.8) is 0 Å². The molecule has 0 unspecified atom stereocenters. The predicted octanol–water partition coefficient (Wildman–Crippen LogP) is 15.6. The van der Waals surface area contributed by atoms with Gasteiger partial charge in [-0.05, 0) is 128 Å². The standard InChI is InChI=1S/C57H59N3O/c1-35(2)42-31-47(36(3)4)54(61)48(32-42)55-59-53-46(18-15-19-52(53)60(55)51-25-24-40(33-49(51)57(9,10)11)38-16-13-12-14-17-38)43-28-44(30-45(29-43)56(6,7)8)50-34-41(26-27-58-50)39-22-20-37(5)21-23-39/h12-36,61H,1-11H3. The van der Waals surface area contributed by atoms with Crippen LogP contribution in [0.15, 0.2) is 140 Å². The number of aryl methyl sites for hydroxylation is 1. The molecule has 4 heteroatoms. The summed E-state index contributed by atoms with van der Waals surface area (Å²) in [4.78, 5) is 10.6. The van der Waals surface area contributed by atoms with Crippen LogP contribution in [0.4, 0.5) is 0 Å². The molecule has 2 heterocycles. The van der Waals surface area contributed by atoms with Gasteiger partial charge in [-0.2, -0.15) is 0 Å². The van der Waals surface area contributed by atoms with E-state index in [1.165, 1.54) is 38.9 Å². The Morgan fingerprint density at radius 3 is 1.90 bits per heavy atom. The molecule has 0 bridgehead atoms. The van der Waals surface area contributed by atoms with Crippen LogP contribution >= 0.6 is 0 Å². The maximum atomic E-state index is 12.3. The molecule has 0 aliphatic carbocycles. The van der Waals surface area contributed by atoms with Crippen LogP contribution in [0.1, 0.15) is 109 Å². The average molecular weight is 802 g/mol. The van der Waals surface area contributed by atoms with Gasteiger partial charge in [-0.1, -0.05) is 160 Å². The molecule has 4 nitrogen and oxygen atoms in total. The number of aromatic nitrogens is 3. The minimum Gasteiger partial charge on any atom is -0.507 e. The van der Waals surface area contributed by atoms with Gasteiger partial charge in [0, 0.05) is 17.3 Å². The summed E-state index contributed by atoms with van der Waals surface area (Å²) in [6.45, 7) is 24.5. The second kappa shape index (κ2) is 16.0. The first-order chi connectivity index (χ1) is 29.0. The minimum absolute atomic E-state index is 0.123. The van der Waals surface area contributed by atoms with Crippen molar-refractivity contribution in [3.8, 4) is 67.5 Å². The number of pyridine rings is 1. The number of phenols is 1. The van der Waals surface area contributed by atoms with E-state index in [-0.39, 0.29) is 28.4 Å². The van der Waals surface area contributed by atoms with Crippen molar-refractivity contribution < 1.29 is 5.11 Å². The first-order valence-corrected chi connectivity index (χ1v) is 21.8. The topological polar surface area (TPSA) is 50.9 Å². The Labute approximate surface area is 363 Å². The van der Waals surface area contributed by atoms with E-state index in [9.17, 15) is 5.11 Å². The number of rotatable bonds is 8. The van der Waals surface area contributed by atoms with E-state index in [1.54, 1.807) is 0 Å². The fraction of sp³-hybridized carbons (Fsp3) is 0.263. The van der Waals surface area contributed by atoms with E-state index in [1.807, 2.05) is 6.20 Å². The van der Waals surface area contributed by atoms with Crippen molar-refractivity contribution in [2.24, 2.45) is 0 Å². The van der Waals surface area contributed by atoms with Crippen LogP contribution in [0.3, 0.4) is 0 Å². The molecule has 0 atom stereocenters. The summed E-state index contributed by atoms with van der Waals surface area (Å²) in [6.07, 6.45) is 1.92. The number of nitrogens with zero attached hydrogens (tertiary/aromatic N) is 3. The molecule has 0 fully saturated rings. The molecule has 0 spiro atoms. The predicted molar refractivity (Wildman–Crippen MR) is 258 cm³/mol. The number of phenolic OH excluding ortho intramolecular Hbond substituents is 1. The third kappa shape index (κ3) is 8.16. The summed E-state index contributed by atoms with van der Waals surface area (Å²) in [6, 6.07) is 48.1. The molecule has 1 N–H and O–H groups in total. The molecule has 8 aromatic rings. The first-order valence-electron chi connectivity index (χ1n) is 21.8. The SMILES string of the molecule is Cc1ccc(-c2ccnc(-c3cc(-c4cccc5c4nc(-c4cc(C(C)C)cc(C(C)C)c4O)n5-c4ccc(-c5ccccc5)cc4C(C)(C)C)cc(C(C)(C)C)c3)c2)cc1. The third-order valence-corrected chi connectivity index (χ3v) is 12.1. The van der Waals surface area contributed by atoms with Crippen molar-refractivity contribution in [1.29, 1.82) is 0 Å². The fourth-order valence-electron chi connectivity index (χ4n) is 8.40. The molecule has 0 saturated heterocycles. The molecule has 2 aromatic heterocycles. The third-order valence-electron chi connectivity index (χ3n) is 12.1. The van der Waals surface area contributed by atoms with Crippen LogP contribution in [0.25, 0.3) is 72.7 Å². The highest BCUT2D eigenvalue weighted by atomic mass is 16.3. The van der Waals surface area contributed by atoms with Crippen molar-refractivity contribution in [2.45, 2.75) is 98.8 Å². The summed E-state index contributed by atoms with van der Waals surface area (Å²) in [5.74, 6) is 1.39. The van der Waals surface area contributed by atoms with Crippen molar-refractivity contribution in [3.05, 3.63) is 167 Å². The maximum Gasteiger partial charge on any atom is 0.149 e. The van der Waals surface area contributed by atoms with Crippen LogP contribution in [0.5, 0.6) is 5.75 Å². The Hall–Kier alpha value is -6.26. The lowest BCUT2D eigenvalue weighted by Gasteiger charge is -2.26. The van der Waals surface area contributed by atoms with Crippen LogP contribution in [-0.2, 0) is 10.8 Å². The van der Waals surface area contributed by atoms with Crippen LogP contribution in [-0.4, -0.2) is 19.6 Å². The van der Waals surface area contributed by atoms with Gasteiger partial charge in [-0.15, -0.1) is 0 Å². The zero-order chi connectivity index (χ0) is 43.4. The Kier molecular flexibility index (Phi) is 10.9. The molecule has 0 radical (unpaired) electrons. The lowest BCUT2D eigenvalue weighted by molar-refractivity contribution is 0.466. The van der Waals surface area contributed by atoms with Crippen LogP contribution in [0, 0.1) is 6.92 Å². The highest BCUT2D eigenvalue weighted by Crippen LogP contribution is 2.45. The molecule has 308 valence electrons. The van der Waals surface area contributed by atoms with Gasteiger partial charge in [0.05, 0.1) is 28.0 Å². The van der Waals surface area contributed by atoms with Gasteiger partial charge in [0.1, 0.15) is 11.6 Å². The first kappa shape index (κ1) is 41.5. The summed E-state index contributed by atoms with van der Waals surface area (Å²) >= 11 is 0. The van der Waals surface area contributed by atoms with Gasteiger partial charge >= 0.3 is 0 Å². The number of fused-ring (bicyclic) bond motifs is 1. The fourth-order valence-corrected chi connectivity index (χ4v) is 8.40. The monoisotopic (exact) mass is 801 g/mol. The van der Waals surface area contributed by atoms with E-state index in [0.29, 0.717) is 0 Å². The van der Waals surface area contributed by atoms with Crippen LogP contribution < -0.4 is 0 Å². The van der Waals surface area contributed by atoms with Gasteiger partial charge in [0.25, 0.3) is 0 Å². The van der Waals surface area contributed by atoms with Crippen LogP contribution in [0.2, 0.25) is 0 Å². The molecule has 0 saturated carbocycles. The number of hydrogen-bond acceptors (Lipinski definition) is 3. The lowest BCUT2D eigenvalue weighted by atomic mass is 9.83. The van der Waals surface area contributed by atoms with E-state index in [4.69, 9.17) is 9.97 Å². The zero-order valence-electron chi connectivity index (χ0n) is 37.7. The molecular formula is C57H59N3O.